The van der Waals surface area contributed by atoms with Gasteiger partial charge in [0.1, 0.15) is 11.1 Å². The Morgan fingerprint density at radius 1 is 1.37 bits per heavy atom. The summed E-state index contributed by atoms with van der Waals surface area (Å²) in [7, 11) is 0. The maximum Gasteiger partial charge on any atom is 0.278 e. The van der Waals surface area contributed by atoms with Gasteiger partial charge in [0.2, 0.25) is 0 Å². The van der Waals surface area contributed by atoms with Crippen LogP contribution in [0.2, 0.25) is 0 Å². The molecule has 0 aliphatic carbocycles. The van der Waals surface area contributed by atoms with Crippen LogP contribution in [0.25, 0.3) is 10.9 Å². The Kier molecular flexibility index (Phi) is 2.74. The average molecular weight is 268 g/mol. The zero-order chi connectivity index (χ0) is 13.2. The Morgan fingerprint density at radius 2 is 2.26 bits per heavy atom. The Morgan fingerprint density at radius 3 is 3.11 bits per heavy atom. The van der Waals surface area contributed by atoms with Gasteiger partial charge in [-0.25, -0.2) is 0 Å². The van der Waals surface area contributed by atoms with E-state index in [1.165, 1.54) is 0 Å². The monoisotopic (exact) mass is 268 g/mol. The van der Waals surface area contributed by atoms with E-state index in [4.69, 9.17) is 5.26 Å². The maximum atomic E-state index is 11.4. The molecule has 2 aromatic heterocycles. The van der Waals surface area contributed by atoms with Crippen molar-refractivity contribution in [2.45, 2.75) is 0 Å². The standard InChI is InChI=1S/C13H8N4OS/c14-7-10-12(18)17-19-13(10)16-9-4-3-8-2-1-5-15-11(8)6-9/h1-6,16H,(H,17,18). The molecule has 0 bridgehead atoms. The maximum absolute atomic E-state index is 11.4. The van der Waals surface area contributed by atoms with E-state index >= 15 is 0 Å². The Labute approximate surface area is 112 Å². The van der Waals surface area contributed by atoms with Crippen LogP contribution in [0.1, 0.15) is 5.56 Å². The van der Waals surface area contributed by atoms with Gasteiger partial charge in [-0.3, -0.25) is 14.2 Å². The van der Waals surface area contributed by atoms with Crippen LogP contribution < -0.4 is 10.9 Å². The van der Waals surface area contributed by atoms with Crippen molar-refractivity contribution in [3.63, 3.8) is 0 Å². The molecule has 1 aromatic carbocycles. The third-order valence-corrected chi connectivity index (χ3v) is 3.47. The van der Waals surface area contributed by atoms with E-state index < -0.39 is 0 Å². The second-order valence-electron chi connectivity index (χ2n) is 3.89. The molecule has 2 N–H and O–H groups in total. The molecule has 19 heavy (non-hydrogen) atoms. The van der Waals surface area contributed by atoms with Crippen LogP contribution in [0.5, 0.6) is 0 Å². The Bertz CT molecular complexity index is 843. The third-order valence-electron chi connectivity index (χ3n) is 2.68. The average Bonchev–Trinajstić information content (AvgIpc) is 2.79. The fourth-order valence-electron chi connectivity index (χ4n) is 1.77. The number of aromatic amines is 1. The number of H-pyrrole nitrogens is 1. The summed E-state index contributed by atoms with van der Waals surface area (Å²) >= 11 is 1.11. The van der Waals surface area contributed by atoms with Crippen LogP contribution >= 0.6 is 11.5 Å². The number of aromatic nitrogens is 2. The predicted octanol–water partition coefficient (Wildman–Crippen LogP) is 2.60. The van der Waals surface area contributed by atoms with Crippen LogP contribution in [-0.2, 0) is 0 Å². The molecule has 0 amide bonds. The first-order chi connectivity index (χ1) is 9.28. The summed E-state index contributed by atoms with van der Waals surface area (Å²) in [5, 5.41) is 13.5. The fourth-order valence-corrected chi connectivity index (χ4v) is 2.47. The lowest BCUT2D eigenvalue weighted by molar-refractivity contribution is 1.38. The number of pyridine rings is 1. The highest BCUT2D eigenvalue weighted by molar-refractivity contribution is 7.10. The molecule has 0 saturated heterocycles. The van der Waals surface area contributed by atoms with Crippen molar-refractivity contribution < 1.29 is 0 Å². The highest BCUT2D eigenvalue weighted by Gasteiger charge is 2.09. The van der Waals surface area contributed by atoms with Crippen molar-refractivity contribution in [3.8, 4) is 6.07 Å². The van der Waals surface area contributed by atoms with E-state index in [0.29, 0.717) is 5.00 Å². The summed E-state index contributed by atoms with van der Waals surface area (Å²) < 4.78 is 2.53. The molecule has 0 radical (unpaired) electrons. The number of nitrogens with one attached hydrogen (secondary N) is 2. The molecule has 5 nitrogen and oxygen atoms in total. The van der Waals surface area contributed by atoms with Gasteiger partial charge in [-0.15, -0.1) is 0 Å². The van der Waals surface area contributed by atoms with Crippen LogP contribution in [0.3, 0.4) is 0 Å². The van der Waals surface area contributed by atoms with E-state index in [1.807, 2.05) is 36.4 Å². The van der Waals surface area contributed by atoms with Gasteiger partial charge >= 0.3 is 0 Å². The fraction of sp³-hybridized carbons (Fsp3) is 0. The Hall–Kier alpha value is -2.65. The second-order valence-corrected chi connectivity index (χ2v) is 4.70. The zero-order valence-corrected chi connectivity index (χ0v) is 10.5. The first-order valence-electron chi connectivity index (χ1n) is 5.51. The minimum Gasteiger partial charge on any atom is -0.345 e. The van der Waals surface area contributed by atoms with Crippen molar-refractivity contribution >= 4 is 33.1 Å². The molecular formula is C13H8N4OS. The first kappa shape index (κ1) is 11.4. The largest absolute Gasteiger partial charge is 0.345 e. The van der Waals surface area contributed by atoms with Gasteiger partial charge in [0.25, 0.3) is 5.56 Å². The molecular weight excluding hydrogens is 260 g/mol. The summed E-state index contributed by atoms with van der Waals surface area (Å²) in [5.74, 6) is 0. The molecule has 0 aliphatic heterocycles. The van der Waals surface area contributed by atoms with E-state index in [-0.39, 0.29) is 11.1 Å². The quantitative estimate of drug-likeness (QED) is 0.748. The van der Waals surface area contributed by atoms with E-state index in [9.17, 15) is 4.79 Å². The van der Waals surface area contributed by atoms with E-state index in [1.54, 1.807) is 6.20 Å². The number of anilines is 2. The van der Waals surface area contributed by atoms with Crippen molar-refractivity contribution in [3.05, 3.63) is 52.4 Å². The van der Waals surface area contributed by atoms with E-state index in [0.717, 1.165) is 28.1 Å². The number of benzene rings is 1. The predicted molar refractivity (Wildman–Crippen MR) is 74.7 cm³/mol. The molecule has 92 valence electrons. The summed E-state index contributed by atoms with van der Waals surface area (Å²) in [5.41, 5.74) is 1.38. The lowest BCUT2D eigenvalue weighted by atomic mass is 10.2. The first-order valence-corrected chi connectivity index (χ1v) is 6.33. The van der Waals surface area contributed by atoms with Crippen LogP contribution in [-0.4, -0.2) is 9.36 Å². The number of rotatable bonds is 2. The van der Waals surface area contributed by atoms with Crippen molar-refractivity contribution in [2.75, 3.05) is 5.32 Å². The normalized spacial score (nSPS) is 10.3. The van der Waals surface area contributed by atoms with Gasteiger partial charge < -0.3 is 5.32 Å². The highest BCUT2D eigenvalue weighted by Crippen LogP contribution is 2.24. The van der Waals surface area contributed by atoms with Crippen molar-refractivity contribution in [1.82, 2.24) is 9.36 Å². The van der Waals surface area contributed by atoms with Gasteiger partial charge in [-0.1, -0.05) is 12.1 Å². The SMILES string of the molecule is N#Cc1c(Nc2ccc3cccnc3c2)s[nH]c1=O. The van der Waals surface area contributed by atoms with Gasteiger partial charge in [-0.2, -0.15) is 5.26 Å². The molecule has 0 aliphatic rings. The van der Waals surface area contributed by atoms with Crippen molar-refractivity contribution in [1.29, 1.82) is 5.26 Å². The molecule has 0 saturated carbocycles. The van der Waals surface area contributed by atoms with Crippen LogP contribution in [0.4, 0.5) is 10.7 Å². The lowest BCUT2D eigenvalue weighted by Crippen LogP contribution is -2.02. The topological polar surface area (TPSA) is 81.6 Å². The van der Waals surface area contributed by atoms with Crippen LogP contribution in [0, 0.1) is 11.3 Å². The molecule has 2 heterocycles. The molecule has 0 atom stereocenters. The van der Waals surface area contributed by atoms with Gasteiger partial charge in [-0.05, 0) is 29.7 Å². The van der Waals surface area contributed by atoms with Gasteiger partial charge in [0.05, 0.1) is 5.52 Å². The summed E-state index contributed by atoms with van der Waals surface area (Å²) in [6.07, 6.45) is 1.72. The van der Waals surface area contributed by atoms with Gasteiger partial charge in [0, 0.05) is 17.3 Å². The highest BCUT2D eigenvalue weighted by atomic mass is 32.1. The molecule has 3 rings (SSSR count). The van der Waals surface area contributed by atoms with Crippen LogP contribution in [0.15, 0.2) is 41.3 Å². The lowest BCUT2D eigenvalue weighted by Gasteiger charge is -2.04. The molecule has 3 aromatic rings. The third kappa shape index (κ3) is 2.07. The number of fused-ring (bicyclic) bond motifs is 1. The molecule has 0 spiro atoms. The second kappa shape index (κ2) is 4.55. The number of nitrogens with zero attached hydrogens (tertiary/aromatic N) is 2. The molecule has 0 fully saturated rings. The summed E-state index contributed by atoms with van der Waals surface area (Å²) in [4.78, 5) is 15.6. The number of nitriles is 1. The summed E-state index contributed by atoms with van der Waals surface area (Å²) in [6, 6.07) is 11.4. The number of hydrogen-bond donors (Lipinski definition) is 2. The van der Waals surface area contributed by atoms with E-state index in [2.05, 4.69) is 14.7 Å². The minimum atomic E-state index is -0.367. The zero-order valence-electron chi connectivity index (χ0n) is 9.68. The Balaban J connectivity index is 2.01. The van der Waals surface area contributed by atoms with Gasteiger partial charge in [0.15, 0.2) is 5.56 Å². The minimum absolute atomic E-state index is 0.103. The van der Waals surface area contributed by atoms with Crippen molar-refractivity contribution in [2.24, 2.45) is 0 Å². The summed E-state index contributed by atoms with van der Waals surface area (Å²) in [6.45, 7) is 0. The molecule has 6 heteroatoms. The molecule has 0 unspecified atom stereocenters. The number of hydrogen-bond acceptors (Lipinski definition) is 5. The smallest absolute Gasteiger partial charge is 0.278 e.